The maximum absolute atomic E-state index is 12.3. The Bertz CT molecular complexity index is 639. The molecule has 2 aromatic rings. The maximum atomic E-state index is 12.3. The lowest BCUT2D eigenvalue weighted by Crippen LogP contribution is -2.17. The van der Waals surface area contributed by atoms with Gasteiger partial charge in [0.15, 0.2) is 11.5 Å². The van der Waals surface area contributed by atoms with E-state index in [0.29, 0.717) is 16.3 Å². The van der Waals surface area contributed by atoms with Gasteiger partial charge in [0, 0.05) is 10.0 Å². The molecule has 2 rings (SSSR count). The van der Waals surface area contributed by atoms with Crippen molar-refractivity contribution in [3.63, 3.8) is 0 Å². The topological polar surface area (TPSA) is 35.5 Å². The van der Waals surface area contributed by atoms with E-state index in [2.05, 4.69) is 20.7 Å². The second-order valence-corrected chi connectivity index (χ2v) is 4.84. The summed E-state index contributed by atoms with van der Waals surface area (Å²) in [6.07, 6.45) is -4.16. The molecule has 0 aromatic heterocycles. The van der Waals surface area contributed by atoms with Gasteiger partial charge in [-0.2, -0.15) is 0 Å². The van der Waals surface area contributed by atoms with Gasteiger partial charge in [0.05, 0.1) is 0 Å². The molecular weight excluding hydrogens is 353 g/mol. The Morgan fingerprint density at radius 3 is 2.24 bits per heavy atom. The molecule has 0 saturated heterocycles. The summed E-state index contributed by atoms with van der Waals surface area (Å²) >= 11 is 3.15. The standard InChI is InChI=1S/C14H8BrF3O3/c15-10-3-6-12(21-14(16,17)18)13(7-10)20-11-4-1-9(8-19)2-5-11/h1-8H. The molecule has 0 aliphatic rings. The zero-order valence-electron chi connectivity index (χ0n) is 10.4. The SMILES string of the molecule is O=Cc1ccc(Oc2cc(Br)ccc2OC(F)(F)F)cc1. The third-order valence-corrected chi connectivity index (χ3v) is 2.87. The Kier molecular flexibility index (Phi) is 4.52. The minimum Gasteiger partial charge on any atom is -0.453 e. The molecule has 2 aromatic carbocycles. The Morgan fingerprint density at radius 2 is 1.67 bits per heavy atom. The van der Waals surface area contributed by atoms with Crippen molar-refractivity contribution in [1.29, 1.82) is 0 Å². The van der Waals surface area contributed by atoms with Gasteiger partial charge in [0.25, 0.3) is 0 Å². The van der Waals surface area contributed by atoms with E-state index < -0.39 is 12.1 Å². The number of benzene rings is 2. The van der Waals surface area contributed by atoms with Gasteiger partial charge in [-0.15, -0.1) is 13.2 Å². The molecule has 0 aliphatic carbocycles. The summed E-state index contributed by atoms with van der Waals surface area (Å²) in [5.74, 6) is -0.267. The first-order valence-electron chi connectivity index (χ1n) is 5.66. The van der Waals surface area contributed by atoms with Crippen LogP contribution in [0.1, 0.15) is 10.4 Å². The number of carbonyl (C=O) groups is 1. The molecule has 3 nitrogen and oxygen atoms in total. The van der Waals surface area contributed by atoms with Crippen molar-refractivity contribution in [3.8, 4) is 17.2 Å². The molecule has 110 valence electrons. The first-order valence-corrected chi connectivity index (χ1v) is 6.45. The maximum Gasteiger partial charge on any atom is 0.573 e. The van der Waals surface area contributed by atoms with Crippen LogP contribution in [0.25, 0.3) is 0 Å². The second kappa shape index (κ2) is 6.17. The molecule has 0 amide bonds. The molecule has 0 spiro atoms. The third kappa shape index (κ3) is 4.49. The number of halogens is 4. The van der Waals surface area contributed by atoms with Crippen LogP contribution in [0, 0.1) is 0 Å². The molecule has 0 saturated carbocycles. The molecule has 0 unspecified atom stereocenters. The van der Waals surface area contributed by atoms with Crippen LogP contribution in [-0.4, -0.2) is 12.6 Å². The monoisotopic (exact) mass is 360 g/mol. The summed E-state index contributed by atoms with van der Waals surface area (Å²) in [6.45, 7) is 0. The predicted molar refractivity (Wildman–Crippen MR) is 72.7 cm³/mol. The van der Waals surface area contributed by atoms with Crippen molar-refractivity contribution in [2.45, 2.75) is 6.36 Å². The van der Waals surface area contributed by atoms with Gasteiger partial charge >= 0.3 is 6.36 Å². The van der Waals surface area contributed by atoms with E-state index in [0.717, 1.165) is 6.07 Å². The zero-order valence-corrected chi connectivity index (χ0v) is 11.9. The molecule has 0 bridgehead atoms. The van der Waals surface area contributed by atoms with Crippen LogP contribution in [0.15, 0.2) is 46.9 Å². The highest BCUT2D eigenvalue weighted by Gasteiger charge is 2.32. The number of ether oxygens (including phenoxy) is 2. The minimum absolute atomic E-state index is 0.0967. The van der Waals surface area contributed by atoms with Crippen LogP contribution >= 0.6 is 15.9 Å². The summed E-state index contributed by atoms with van der Waals surface area (Å²) < 4.78 is 46.8. The number of rotatable bonds is 4. The Balaban J connectivity index is 2.28. The number of carbonyl (C=O) groups excluding carboxylic acids is 1. The van der Waals surface area contributed by atoms with Crippen LogP contribution in [0.4, 0.5) is 13.2 Å². The normalized spacial score (nSPS) is 11.0. The number of aldehydes is 1. The molecule has 0 fully saturated rings. The largest absolute Gasteiger partial charge is 0.573 e. The van der Waals surface area contributed by atoms with E-state index in [1.807, 2.05) is 0 Å². The van der Waals surface area contributed by atoms with Crippen LogP contribution in [0.5, 0.6) is 17.2 Å². The molecule has 0 radical (unpaired) electrons. The van der Waals surface area contributed by atoms with Gasteiger partial charge in [-0.3, -0.25) is 4.79 Å². The van der Waals surface area contributed by atoms with E-state index >= 15 is 0 Å². The fourth-order valence-corrected chi connectivity index (χ4v) is 1.85. The fraction of sp³-hybridized carbons (Fsp3) is 0.0714. The summed E-state index contributed by atoms with van der Waals surface area (Å²) in [6, 6.07) is 9.84. The quantitative estimate of drug-likeness (QED) is 0.723. The van der Waals surface area contributed by atoms with Crippen molar-refractivity contribution in [3.05, 3.63) is 52.5 Å². The summed E-state index contributed by atoms with van der Waals surface area (Å²) in [5, 5.41) is 0. The number of alkyl halides is 3. The van der Waals surface area contributed by atoms with Gasteiger partial charge in [0.1, 0.15) is 12.0 Å². The van der Waals surface area contributed by atoms with Gasteiger partial charge in [-0.05, 0) is 42.5 Å². The highest BCUT2D eigenvalue weighted by atomic mass is 79.9. The van der Waals surface area contributed by atoms with E-state index in [-0.39, 0.29) is 11.5 Å². The number of hydrogen-bond donors (Lipinski definition) is 0. The molecule has 0 aliphatic heterocycles. The van der Waals surface area contributed by atoms with Crippen molar-refractivity contribution in [2.75, 3.05) is 0 Å². The lowest BCUT2D eigenvalue weighted by molar-refractivity contribution is -0.275. The van der Waals surface area contributed by atoms with Crippen molar-refractivity contribution in [2.24, 2.45) is 0 Å². The van der Waals surface area contributed by atoms with E-state index in [4.69, 9.17) is 4.74 Å². The van der Waals surface area contributed by atoms with Crippen LogP contribution in [0.3, 0.4) is 0 Å². The van der Waals surface area contributed by atoms with Crippen molar-refractivity contribution >= 4 is 22.2 Å². The first kappa shape index (κ1) is 15.4. The highest BCUT2D eigenvalue weighted by Crippen LogP contribution is 2.37. The van der Waals surface area contributed by atoms with Crippen LogP contribution in [0.2, 0.25) is 0 Å². The average molecular weight is 361 g/mol. The van der Waals surface area contributed by atoms with Gasteiger partial charge in [-0.1, -0.05) is 15.9 Å². The highest BCUT2D eigenvalue weighted by molar-refractivity contribution is 9.10. The van der Waals surface area contributed by atoms with Crippen LogP contribution < -0.4 is 9.47 Å². The summed E-state index contributed by atoms with van der Waals surface area (Å²) in [5.41, 5.74) is 0.434. The fourth-order valence-electron chi connectivity index (χ4n) is 1.51. The van der Waals surface area contributed by atoms with E-state index in [9.17, 15) is 18.0 Å². The molecular formula is C14H8BrF3O3. The predicted octanol–water partition coefficient (Wildman–Crippen LogP) is 4.95. The smallest absolute Gasteiger partial charge is 0.453 e. The van der Waals surface area contributed by atoms with E-state index in [1.165, 1.54) is 36.4 Å². The Labute approximate surface area is 126 Å². The second-order valence-electron chi connectivity index (χ2n) is 3.93. The lowest BCUT2D eigenvalue weighted by atomic mass is 10.2. The zero-order chi connectivity index (χ0) is 15.5. The minimum atomic E-state index is -4.81. The Morgan fingerprint density at radius 1 is 1.00 bits per heavy atom. The van der Waals surface area contributed by atoms with Gasteiger partial charge in [0.2, 0.25) is 0 Å². The van der Waals surface area contributed by atoms with E-state index in [1.54, 1.807) is 0 Å². The molecule has 7 heteroatoms. The van der Waals surface area contributed by atoms with Crippen LogP contribution in [-0.2, 0) is 0 Å². The van der Waals surface area contributed by atoms with Crippen molar-refractivity contribution in [1.82, 2.24) is 0 Å². The first-order chi connectivity index (χ1) is 9.87. The van der Waals surface area contributed by atoms with Gasteiger partial charge in [-0.25, -0.2) is 0 Å². The third-order valence-electron chi connectivity index (χ3n) is 2.38. The Hall–Kier alpha value is -2.02. The molecule has 0 N–H and O–H groups in total. The molecule has 21 heavy (non-hydrogen) atoms. The van der Waals surface area contributed by atoms with Gasteiger partial charge < -0.3 is 9.47 Å². The average Bonchev–Trinajstić information content (AvgIpc) is 2.41. The molecule has 0 atom stereocenters. The lowest BCUT2D eigenvalue weighted by Gasteiger charge is -2.14. The molecule has 0 heterocycles. The summed E-state index contributed by atoms with van der Waals surface area (Å²) in [4.78, 5) is 10.5. The van der Waals surface area contributed by atoms with Crippen molar-refractivity contribution < 1.29 is 27.4 Å². The summed E-state index contributed by atoms with van der Waals surface area (Å²) in [7, 11) is 0. The number of hydrogen-bond acceptors (Lipinski definition) is 3.